The number of carboxylic acid groups (broad SMARTS) is 1. The van der Waals surface area contributed by atoms with Crippen LogP contribution in [0.1, 0.15) is 36.0 Å². The van der Waals surface area contributed by atoms with Crippen molar-refractivity contribution in [2.24, 2.45) is 5.92 Å². The number of likely N-dealkylation sites (tertiary alicyclic amines) is 1. The lowest BCUT2D eigenvalue weighted by Gasteiger charge is -2.34. The van der Waals surface area contributed by atoms with Crippen LogP contribution in [0.4, 0.5) is 5.82 Å². The van der Waals surface area contributed by atoms with E-state index in [-0.39, 0.29) is 5.56 Å². The minimum Gasteiger partial charge on any atom is -0.497 e. The third-order valence-corrected chi connectivity index (χ3v) is 5.77. The molecule has 7 heteroatoms. The lowest BCUT2D eigenvalue weighted by Crippen LogP contribution is -2.41. The summed E-state index contributed by atoms with van der Waals surface area (Å²) in [4.78, 5) is 16.7. The molecule has 1 aromatic carbocycles. The maximum atomic E-state index is 12.0. The number of ether oxygens (including phenoxy) is 1. The minimum absolute atomic E-state index is 0.145. The second kappa shape index (κ2) is 8.22. The van der Waals surface area contributed by atoms with Gasteiger partial charge in [0.15, 0.2) is 17.1 Å². The van der Waals surface area contributed by atoms with E-state index in [1.165, 1.54) is 32.4 Å². The van der Waals surface area contributed by atoms with Crippen molar-refractivity contribution >= 4 is 11.8 Å². The third kappa shape index (κ3) is 3.85. The van der Waals surface area contributed by atoms with E-state index in [0.29, 0.717) is 28.8 Å². The van der Waals surface area contributed by atoms with Crippen LogP contribution >= 0.6 is 0 Å². The molecule has 1 N–H and O–H groups in total. The first-order valence-corrected chi connectivity index (χ1v) is 10.0. The molecule has 28 heavy (non-hydrogen) atoms. The molecule has 0 spiro atoms. The molecule has 4 rings (SSSR count). The lowest BCUT2D eigenvalue weighted by atomic mass is 9.97. The van der Waals surface area contributed by atoms with Gasteiger partial charge in [-0.1, -0.05) is 5.16 Å². The van der Waals surface area contributed by atoms with Crippen LogP contribution in [0.15, 0.2) is 28.8 Å². The van der Waals surface area contributed by atoms with Crippen molar-refractivity contribution in [1.29, 1.82) is 0 Å². The summed E-state index contributed by atoms with van der Waals surface area (Å²) in [5, 5.41) is 14.0. The van der Waals surface area contributed by atoms with Gasteiger partial charge in [0, 0.05) is 25.2 Å². The van der Waals surface area contributed by atoms with Crippen molar-refractivity contribution in [3.63, 3.8) is 0 Å². The van der Waals surface area contributed by atoms with Crippen molar-refractivity contribution < 1.29 is 19.2 Å². The molecule has 2 aliphatic heterocycles. The highest BCUT2D eigenvalue weighted by atomic mass is 16.5. The summed E-state index contributed by atoms with van der Waals surface area (Å²) in [6.07, 6.45) is 4.79. The highest BCUT2D eigenvalue weighted by Gasteiger charge is 2.31. The average molecular weight is 385 g/mol. The van der Waals surface area contributed by atoms with Gasteiger partial charge in [-0.3, -0.25) is 0 Å². The number of carboxylic acids is 1. The summed E-state index contributed by atoms with van der Waals surface area (Å²) in [6.45, 7) is 5.09. The van der Waals surface area contributed by atoms with Crippen LogP contribution in [0, 0.1) is 5.92 Å². The summed E-state index contributed by atoms with van der Waals surface area (Å²) < 4.78 is 10.7. The van der Waals surface area contributed by atoms with E-state index in [9.17, 15) is 9.90 Å². The molecule has 0 bridgehead atoms. The fourth-order valence-corrected chi connectivity index (χ4v) is 4.37. The quantitative estimate of drug-likeness (QED) is 0.817. The van der Waals surface area contributed by atoms with E-state index >= 15 is 0 Å². The second-order valence-corrected chi connectivity index (χ2v) is 7.71. The lowest BCUT2D eigenvalue weighted by molar-refractivity contribution is 0.0697. The van der Waals surface area contributed by atoms with Crippen LogP contribution in [0.25, 0.3) is 11.3 Å². The van der Waals surface area contributed by atoms with Crippen LogP contribution in [0.2, 0.25) is 0 Å². The molecule has 0 radical (unpaired) electrons. The molecule has 2 aliphatic rings. The van der Waals surface area contributed by atoms with Gasteiger partial charge in [-0.15, -0.1) is 0 Å². The molecular weight excluding hydrogens is 358 g/mol. The Bertz CT molecular complexity index is 812. The van der Waals surface area contributed by atoms with Crippen LogP contribution in [0.5, 0.6) is 5.75 Å². The Morgan fingerprint density at radius 1 is 1.21 bits per heavy atom. The van der Waals surface area contributed by atoms with Crippen LogP contribution in [0.3, 0.4) is 0 Å². The molecule has 0 aliphatic carbocycles. The van der Waals surface area contributed by atoms with Crippen molar-refractivity contribution in [3.05, 3.63) is 29.8 Å². The van der Waals surface area contributed by atoms with Gasteiger partial charge in [-0.2, -0.15) is 0 Å². The molecule has 2 saturated heterocycles. The van der Waals surface area contributed by atoms with Gasteiger partial charge in [0.05, 0.1) is 7.11 Å². The number of aromatic nitrogens is 1. The van der Waals surface area contributed by atoms with Crippen LogP contribution in [-0.4, -0.2) is 61.0 Å². The van der Waals surface area contributed by atoms with E-state index in [1.54, 1.807) is 31.4 Å². The number of benzene rings is 1. The van der Waals surface area contributed by atoms with Gasteiger partial charge in [-0.25, -0.2) is 4.79 Å². The van der Waals surface area contributed by atoms with Crippen LogP contribution in [-0.2, 0) is 0 Å². The maximum absolute atomic E-state index is 12.0. The largest absolute Gasteiger partial charge is 0.497 e. The first kappa shape index (κ1) is 18.8. The number of aromatic carboxylic acids is 1. The van der Waals surface area contributed by atoms with Gasteiger partial charge in [0.1, 0.15) is 5.75 Å². The van der Waals surface area contributed by atoms with E-state index in [1.807, 2.05) is 0 Å². The fraction of sp³-hybridized carbons (Fsp3) is 0.524. The Kier molecular flexibility index (Phi) is 5.52. The molecule has 2 fully saturated rings. The number of anilines is 1. The number of piperidine rings is 1. The summed E-state index contributed by atoms with van der Waals surface area (Å²) in [6, 6.07) is 7.16. The first-order valence-electron chi connectivity index (χ1n) is 10.0. The molecule has 2 aromatic rings. The Labute approximate surface area is 164 Å². The van der Waals surface area contributed by atoms with E-state index in [4.69, 9.17) is 9.26 Å². The SMILES string of the molecule is COc1ccc(-c2onc(N3CCCC(CN4CCCC4)C3)c2C(=O)O)cc1. The van der Waals surface area contributed by atoms with Gasteiger partial charge < -0.3 is 24.2 Å². The van der Waals surface area contributed by atoms with Gasteiger partial charge in [0.2, 0.25) is 0 Å². The molecule has 1 atom stereocenters. The molecule has 0 amide bonds. The minimum atomic E-state index is -1.01. The molecule has 3 heterocycles. The van der Waals surface area contributed by atoms with Crippen molar-refractivity contribution in [3.8, 4) is 17.1 Å². The first-order chi connectivity index (χ1) is 13.7. The van der Waals surface area contributed by atoms with E-state index < -0.39 is 5.97 Å². The second-order valence-electron chi connectivity index (χ2n) is 7.71. The van der Waals surface area contributed by atoms with Crippen LogP contribution < -0.4 is 9.64 Å². The summed E-state index contributed by atoms with van der Waals surface area (Å²) in [5.41, 5.74) is 0.828. The fourth-order valence-electron chi connectivity index (χ4n) is 4.37. The average Bonchev–Trinajstić information content (AvgIpc) is 3.38. The number of rotatable bonds is 6. The van der Waals surface area contributed by atoms with Crippen molar-refractivity contribution in [1.82, 2.24) is 10.1 Å². The zero-order valence-corrected chi connectivity index (χ0v) is 16.3. The predicted molar refractivity (Wildman–Crippen MR) is 106 cm³/mol. The van der Waals surface area contributed by atoms with Gasteiger partial charge in [-0.05, 0) is 69.0 Å². The Morgan fingerprint density at radius 3 is 2.64 bits per heavy atom. The maximum Gasteiger partial charge on any atom is 0.343 e. The van der Waals surface area contributed by atoms with Gasteiger partial charge >= 0.3 is 5.97 Å². The number of hydrogen-bond donors (Lipinski definition) is 1. The normalized spacial score (nSPS) is 20.5. The number of methoxy groups -OCH3 is 1. The Balaban J connectivity index is 1.56. The molecule has 1 unspecified atom stereocenters. The van der Waals surface area contributed by atoms with Crippen molar-refractivity contribution in [2.45, 2.75) is 25.7 Å². The molecule has 1 aromatic heterocycles. The topological polar surface area (TPSA) is 79.0 Å². The van der Waals surface area contributed by atoms with E-state index in [2.05, 4.69) is 15.0 Å². The summed E-state index contributed by atoms with van der Waals surface area (Å²) in [5.74, 6) is 0.982. The monoisotopic (exact) mass is 385 g/mol. The number of hydrogen-bond acceptors (Lipinski definition) is 6. The highest BCUT2D eigenvalue weighted by Crippen LogP contribution is 2.34. The Morgan fingerprint density at radius 2 is 1.96 bits per heavy atom. The summed E-state index contributed by atoms with van der Waals surface area (Å²) in [7, 11) is 1.60. The third-order valence-electron chi connectivity index (χ3n) is 5.77. The standard InChI is InChI=1S/C21H27N3O4/c1-27-17-8-6-16(7-9-17)19-18(21(25)26)20(22-28-19)24-12-4-5-15(14-24)13-23-10-2-3-11-23/h6-9,15H,2-5,10-14H2,1H3,(H,25,26). The number of carbonyl (C=O) groups is 1. The zero-order chi connectivity index (χ0) is 19.5. The highest BCUT2D eigenvalue weighted by molar-refractivity contribution is 5.99. The Hall–Kier alpha value is -2.54. The summed E-state index contributed by atoms with van der Waals surface area (Å²) >= 11 is 0. The van der Waals surface area contributed by atoms with E-state index in [0.717, 1.165) is 26.1 Å². The smallest absolute Gasteiger partial charge is 0.343 e. The zero-order valence-electron chi connectivity index (χ0n) is 16.3. The molecule has 7 nitrogen and oxygen atoms in total. The predicted octanol–water partition coefficient (Wildman–Crippen LogP) is 3.36. The molecule has 0 saturated carbocycles. The molecule has 150 valence electrons. The van der Waals surface area contributed by atoms with Gasteiger partial charge in [0.25, 0.3) is 0 Å². The molecular formula is C21H27N3O4. The number of nitrogens with zero attached hydrogens (tertiary/aromatic N) is 3. The van der Waals surface area contributed by atoms with Crippen molar-refractivity contribution in [2.75, 3.05) is 44.7 Å².